The number of thioether (sulfide) groups is 1. The van der Waals surface area contributed by atoms with Crippen molar-refractivity contribution in [3.63, 3.8) is 0 Å². The Morgan fingerprint density at radius 3 is 2.95 bits per heavy atom. The molecule has 7 heteroatoms. The van der Waals surface area contributed by atoms with Crippen LogP contribution in [0.5, 0.6) is 0 Å². The maximum Gasteiger partial charge on any atom is 0.265 e. The van der Waals surface area contributed by atoms with Gasteiger partial charge in [0.2, 0.25) is 0 Å². The summed E-state index contributed by atoms with van der Waals surface area (Å²) in [6.45, 7) is 0.704. The van der Waals surface area contributed by atoms with E-state index in [1.165, 1.54) is 36.4 Å². The lowest BCUT2D eigenvalue weighted by molar-refractivity contribution is 0.0957. The summed E-state index contributed by atoms with van der Waals surface area (Å²) in [4.78, 5) is 16.7. The van der Waals surface area contributed by atoms with Crippen LogP contribution in [0.2, 0.25) is 0 Å². The van der Waals surface area contributed by atoms with E-state index in [9.17, 15) is 4.79 Å². The van der Waals surface area contributed by atoms with Gasteiger partial charge in [-0.25, -0.2) is 4.98 Å². The molecule has 4 N–H and O–H groups in total. The van der Waals surface area contributed by atoms with E-state index in [1.54, 1.807) is 0 Å². The highest BCUT2D eigenvalue weighted by molar-refractivity contribution is 7.98. The fraction of sp³-hybridized carbons (Fsp3) is 0.692. The van der Waals surface area contributed by atoms with E-state index in [-0.39, 0.29) is 5.91 Å². The fourth-order valence-corrected chi connectivity index (χ4v) is 3.16. The van der Waals surface area contributed by atoms with Crippen LogP contribution >= 0.6 is 23.1 Å². The summed E-state index contributed by atoms with van der Waals surface area (Å²) in [6, 6.07) is 0.521. The second-order valence-corrected chi connectivity index (χ2v) is 6.95. The SMILES string of the molecule is CSCCCCCNC(=O)c1sc(NC2CC2)nc1N. The highest BCUT2D eigenvalue weighted by Crippen LogP contribution is 2.30. The third-order valence-electron chi connectivity index (χ3n) is 3.08. The standard InChI is InChI=1S/C13H22N4OS2/c1-19-8-4-2-3-7-15-12(18)10-11(14)17-13(20-10)16-9-5-6-9/h9H,2-8,14H2,1H3,(H,15,18)(H,16,17). The molecule has 0 spiro atoms. The Kier molecular flexibility index (Phi) is 5.97. The van der Waals surface area contributed by atoms with E-state index in [0.29, 0.717) is 23.3 Å². The summed E-state index contributed by atoms with van der Waals surface area (Å²) in [5.74, 6) is 1.41. The summed E-state index contributed by atoms with van der Waals surface area (Å²) in [5.41, 5.74) is 5.80. The van der Waals surface area contributed by atoms with Gasteiger partial charge in [0, 0.05) is 12.6 Å². The molecule has 0 atom stereocenters. The van der Waals surface area contributed by atoms with Crippen LogP contribution in [0.1, 0.15) is 41.8 Å². The Hall–Kier alpha value is -0.950. The maximum atomic E-state index is 12.0. The number of carbonyl (C=O) groups is 1. The molecule has 1 aromatic heterocycles. The van der Waals surface area contributed by atoms with Crippen LogP contribution < -0.4 is 16.4 Å². The average molecular weight is 314 g/mol. The molecule has 0 bridgehead atoms. The number of nitrogens with one attached hydrogen (secondary N) is 2. The Morgan fingerprint density at radius 2 is 2.25 bits per heavy atom. The largest absolute Gasteiger partial charge is 0.382 e. The predicted molar refractivity (Wildman–Crippen MR) is 87.7 cm³/mol. The molecule has 1 fully saturated rings. The number of amides is 1. The van der Waals surface area contributed by atoms with Crippen molar-refractivity contribution in [3.8, 4) is 0 Å². The number of rotatable bonds is 9. The molecule has 0 aromatic carbocycles. The van der Waals surface area contributed by atoms with Gasteiger partial charge in [-0.05, 0) is 37.7 Å². The average Bonchev–Trinajstić information content (AvgIpc) is 3.15. The number of hydrogen-bond acceptors (Lipinski definition) is 6. The first-order valence-corrected chi connectivity index (χ1v) is 9.21. The number of carbonyl (C=O) groups excluding carboxylic acids is 1. The second kappa shape index (κ2) is 7.73. The summed E-state index contributed by atoms with van der Waals surface area (Å²) < 4.78 is 0. The number of aromatic nitrogens is 1. The number of nitrogens with two attached hydrogens (primary N) is 1. The molecule has 1 aromatic rings. The van der Waals surface area contributed by atoms with E-state index < -0.39 is 0 Å². The zero-order valence-electron chi connectivity index (χ0n) is 11.8. The highest BCUT2D eigenvalue weighted by Gasteiger charge is 2.24. The van der Waals surface area contributed by atoms with Crippen LogP contribution in [0.4, 0.5) is 10.9 Å². The van der Waals surface area contributed by atoms with Gasteiger partial charge in [-0.2, -0.15) is 11.8 Å². The summed E-state index contributed by atoms with van der Waals surface area (Å²) in [6.07, 6.45) is 7.83. The number of nitrogens with zero attached hydrogens (tertiary/aromatic N) is 1. The molecule has 1 aliphatic rings. The molecule has 2 rings (SSSR count). The van der Waals surface area contributed by atoms with Gasteiger partial charge < -0.3 is 16.4 Å². The Morgan fingerprint density at radius 1 is 1.45 bits per heavy atom. The van der Waals surface area contributed by atoms with Gasteiger partial charge in [-0.3, -0.25) is 4.79 Å². The molecule has 112 valence electrons. The molecular weight excluding hydrogens is 292 g/mol. The molecular formula is C13H22N4OS2. The van der Waals surface area contributed by atoms with Crippen LogP contribution in [-0.2, 0) is 0 Å². The molecule has 1 aliphatic carbocycles. The van der Waals surface area contributed by atoms with Crippen molar-refractivity contribution in [2.75, 3.05) is 29.6 Å². The van der Waals surface area contributed by atoms with Crippen molar-refractivity contribution in [1.29, 1.82) is 0 Å². The third kappa shape index (κ3) is 4.86. The third-order valence-corrected chi connectivity index (χ3v) is 4.77. The van der Waals surface area contributed by atoms with Crippen molar-refractivity contribution in [1.82, 2.24) is 10.3 Å². The van der Waals surface area contributed by atoms with E-state index in [4.69, 9.17) is 5.73 Å². The van der Waals surface area contributed by atoms with E-state index in [1.807, 2.05) is 11.8 Å². The van der Waals surface area contributed by atoms with Crippen molar-refractivity contribution in [2.24, 2.45) is 0 Å². The lowest BCUT2D eigenvalue weighted by Gasteiger charge is -2.03. The Balaban J connectivity index is 1.72. The zero-order chi connectivity index (χ0) is 14.4. The van der Waals surface area contributed by atoms with Crippen LogP contribution in [0.15, 0.2) is 0 Å². The number of hydrogen-bond donors (Lipinski definition) is 3. The molecule has 1 amide bonds. The number of thiazole rings is 1. The molecule has 1 saturated carbocycles. The summed E-state index contributed by atoms with van der Waals surface area (Å²) in [5, 5.41) is 6.94. The van der Waals surface area contributed by atoms with E-state index in [0.717, 1.165) is 18.0 Å². The van der Waals surface area contributed by atoms with Crippen molar-refractivity contribution >= 4 is 40.0 Å². The second-order valence-electron chi connectivity index (χ2n) is 4.96. The molecule has 20 heavy (non-hydrogen) atoms. The van der Waals surface area contributed by atoms with Gasteiger partial charge in [-0.15, -0.1) is 0 Å². The van der Waals surface area contributed by atoms with Gasteiger partial charge in [0.1, 0.15) is 10.7 Å². The van der Waals surface area contributed by atoms with Crippen LogP contribution in [0.3, 0.4) is 0 Å². The van der Waals surface area contributed by atoms with E-state index >= 15 is 0 Å². The van der Waals surface area contributed by atoms with Crippen LogP contribution in [0, 0.1) is 0 Å². The molecule has 1 heterocycles. The first-order valence-electron chi connectivity index (χ1n) is 7.00. The highest BCUT2D eigenvalue weighted by atomic mass is 32.2. The van der Waals surface area contributed by atoms with Crippen LogP contribution in [-0.4, -0.2) is 35.5 Å². The minimum Gasteiger partial charge on any atom is -0.382 e. The summed E-state index contributed by atoms with van der Waals surface area (Å²) >= 11 is 3.21. The maximum absolute atomic E-state index is 12.0. The van der Waals surface area contributed by atoms with Gasteiger partial charge in [0.25, 0.3) is 5.91 Å². The smallest absolute Gasteiger partial charge is 0.265 e. The Bertz CT molecular complexity index is 446. The topological polar surface area (TPSA) is 80.0 Å². The molecule has 0 saturated heterocycles. The normalized spacial score (nSPS) is 14.2. The monoisotopic (exact) mass is 314 g/mol. The van der Waals surface area contributed by atoms with Crippen molar-refractivity contribution in [3.05, 3.63) is 4.88 Å². The molecule has 5 nitrogen and oxygen atoms in total. The first kappa shape index (κ1) is 15.4. The minimum absolute atomic E-state index is 0.103. The predicted octanol–water partition coefficient (Wildman–Crippen LogP) is 2.56. The Labute approximate surface area is 128 Å². The minimum atomic E-state index is -0.103. The van der Waals surface area contributed by atoms with Gasteiger partial charge in [-0.1, -0.05) is 17.8 Å². The van der Waals surface area contributed by atoms with E-state index in [2.05, 4.69) is 21.9 Å². The quantitative estimate of drug-likeness (QED) is 0.610. The lowest BCUT2D eigenvalue weighted by Crippen LogP contribution is -2.24. The lowest BCUT2D eigenvalue weighted by atomic mass is 10.2. The van der Waals surface area contributed by atoms with Gasteiger partial charge >= 0.3 is 0 Å². The molecule has 0 unspecified atom stereocenters. The molecule has 0 aliphatic heterocycles. The van der Waals surface area contributed by atoms with Crippen LogP contribution in [0.25, 0.3) is 0 Å². The van der Waals surface area contributed by atoms with Crippen molar-refractivity contribution in [2.45, 2.75) is 38.1 Å². The number of nitrogen functional groups attached to an aromatic ring is 1. The fourth-order valence-electron chi connectivity index (χ4n) is 1.79. The van der Waals surface area contributed by atoms with Gasteiger partial charge in [0.05, 0.1) is 0 Å². The number of unbranched alkanes of at least 4 members (excludes halogenated alkanes) is 2. The summed E-state index contributed by atoms with van der Waals surface area (Å²) in [7, 11) is 0. The number of anilines is 2. The van der Waals surface area contributed by atoms with Gasteiger partial charge in [0.15, 0.2) is 5.13 Å². The van der Waals surface area contributed by atoms with Crippen molar-refractivity contribution < 1.29 is 4.79 Å². The zero-order valence-corrected chi connectivity index (χ0v) is 13.4. The first-order chi connectivity index (χ1) is 9.70. The molecule has 0 radical (unpaired) electrons.